The van der Waals surface area contributed by atoms with Gasteiger partial charge in [0, 0.05) is 26.4 Å². The van der Waals surface area contributed by atoms with Crippen molar-refractivity contribution in [2.45, 2.75) is 79.1 Å². The average molecular weight is 419 g/mol. The molecule has 0 unspecified atom stereocenters. The molecule has 0 saturated carbocycles. The molecule has 0 aliphatic heterocycles. The van der Waals surface area contributed by atoms with E-state index < -0.39 is 17.6 Å². The van der Waals surface area contributed by atoms with E-state index in [1.54, 1.807) is 11.4 Å². The molecule has 0 spiro atoms. The summed E-state index contributed by atoms with van der Waals surface area (Å²) in [5.74, 6) is 0. The Balaban J connectivity index is 5.39. The second-order valence-corrected chi connectivity index (χ2v) is 11.7. The fourth-order valence-electron chi connectivity index (χ4n) is 2.15. The maximum Gasteiger partial charge on any atom is 0.521 e. The van der Waals surface area contributed by atoms with E-state index in [2.05, 4.69) is 40.9 Å². The zero-order chi connectivity index (χ0) is 20.4. The summed E-state index contributed by atoms with van der Waals surface area (Å²) >= 11 is 0. The maximum atomic E-state index is 6.46. The van der Waals surface area contributed by atoms with Crippen molar-refractivity contribution < 1.29 is 21.8 Å². The maximum absolute atomic E-state index is 6.46. The molecule has 27 heavy (non-hydrogen) atoms. The highest BCUT2D eigenvalue weighted by atomic mass is 28.5. The van der Waals surface area contributed by atoms with Gasteiger partial charge in [-0.1, -0.05) is 66.5 Å². The van der Waals surface area contributed by atoms with E-state index in [4.69, 9.17) is 21.8 Å². The Kier molecular flexibility index (Phi) is 16.5. The lowest BCUT2D eigenvalue weighted by Crippen LogP contribution is -2.57. The molecular formula is C20H42O5Si2. The van der Waals surface area contributed by atoms with Gasteiger partial charge >= 0.3 is 17.6 Å². The highest BCUT2D eigenvalue weighted by Crippen LogP contribution is 2.23. The molecule has 0 aromatic heterocycles. The van der Waals surface area contributed by atoms with Gasteiger partial charge in [0.05, 0.1) is 0 Å². The zero-order valence-electron chi connectivity index (χ0n) is 18.1. The quantitative estimate of drug-likeness (QED) is 0.190. The molecule has 0 rings (SSSR count). The van der Waals surface area contributed by atoms with E-state index in [0.29, 0.717) is 26.4 Å². The molecule has 0 amide bonds. The summed E-state index contributed by atoms with van der Waals surface area (Å²) < 4.78 is 31.0. The fraction of sp³-hybridized carbons (Fsp3) is 0.800. The Morgan fingerprint density at radius 1 is 0.556 bits per heavy atom. The van der Waals surface area contributed by atoms with Crippen molar-refractivity contribution in [1.29, 1.82) is 0 Å². The summed E-state index contributed by atoms with van der Waals surface area (Å²) in [4.78, 5) is 0. The first-order valence-corrected chi connectivity index (χ1v) is 14.2. The number of hydrogen-bond donors (Lipinski definition) is 0. The molecule has 5 nitrogen and oxygen atoms in total. The highest BCUT2D eigenvalue weighted by molar-refractivity contribution is 6.80. The lowest BCUT2D eigenvalue weighted by molar-refractivity contribution is 0.0537. The normalized spacial score (nSPS) is 12.3. The molecule has 0 aliphatic carbocycles. The van der Waals surface area contributed by atoms with Crippen molar-refractivity contribution in [2.24, 2.45) is 0 Å². The van der Waals surface area contributed by atoms with Crippen LogP contribution in [0.25, 0.3) is 0 Å². The molecule has 0 radical (unpaired) electrons. The van der Waals surface area contributed by atoms with Crippen molar-refractivity contribution in [2.75, 3.05) is 26.4 Å². The van der Waals surface area contributed by atoms with Crippen LogP contribution in [0, 0.1) is 0 Å². The molecule has 0 saturated heterocycles. The molecule has 160 valence electrons. The van der Waals surface area contributed by atoms with Crippen LogP contribution < -0.4 is 0 Å². The fourth-order valence-corrected chi connectivity index (χ4v) is 7.70. The average Bonchev–Trinajstić information content (AvgIpc) is 2.68. The number of hydrogen-bond acceptors (Lipinski definition) is 5. The number of rotatable bonds is 20. The number of unbranched alkanes of at least 4 members (excludes halogenated alkanes) is 4. The van der Waals surface area contributed by atoms with Gasteiger partial charge in [-0.15, -0.1) is 0 Å². The van der Waals surface area contributed by atoms with Crippen LogP contribution in [0.3, 0.4) is 0 Å². The Morgan fingerprint density at radius 3 is 1.00 bits per heavy atom. The molecule has 0 heterocycles. The molecule has 0 atom stereocenters. The molecule has 0 bridgehead atoms. The van der Waals surface area contributed by atoms with Gasteiger partial charge in [-0.3, -0.25) is 0 Å². The third-order valence-electron chi connectivity index (χ3n) is 3.99. The first-order chi connectivity index (χ1) is 13.1. The third kappa shape index (κ3) is 11.3. The van der Waals surface area contributed by atoms with Crippen LogP contribution in [0.1, 0.15) is 79.1 Å². The highest BCUT2D eigenvalue weighted by Gasteiger charge is 2.51. The van der Waals surface area contributed by atoms with Gasteiger partial charge in [0.25, 0.3) is 0 Å². The second kappa shape index (κ2) is 16.6. The Labute approximate surface area is 169 Å². The van der Waals surface area contributed by atoms with Crippen molar-refractivity contribution in [1.82, 2.24) is 0 Å². The first kappa shape index (κ1) is 26.7. The van der Waals surface area contributed by atoms with Crippen LogP contribution in [-0.2, 0) is 21.8 Å². The summed E-state index contributed by atoms with van der Waals surface area (Å²) in [6.45, 7) is 18.7. The summed E-state index contributed by atoms with van der Waals surface area (Å²) in [6, 6.07) is 0. The minimum atomic E-state index is -3.12. The molecule has 0 fully saturated rings. The Morgan fingerprint density at radius 2 is 0.815 bits per heavy atom. The van der Waals surface area contributed by atoms with Gasteiger partial charge in [0.15, 0.2) is 0 Å². The predicted molar refractivity (Wildman–Crippen MR) is 116 cm³/mol. The molecular weight excluding hydrogens is 376 g/mol. The molecule has 0 aromatic rings. The van der Waals surface area contributed by atoms with Gasteiger partial charge < -0.3 is 21.8 Å². The first-order valence-electron chi connectivity index (χ1n) is 10.6. The van der Waals surface area contributed by atoms with Gasteiger partial charge in [-0.25, -0.2) is 0 Å². The monoisotopic (exact) mass is 418 g/mol. The third-order valence-corrected chi connectivity index (χ3v) is 9.69. The van der Waals surface area contributed by atoms with Gasteiger partial charge in [-0.05, 0) is 37.1 Å². The van der Waals surface area contributed by atoms with E-state index in [1.807, 2.05) is 0 Å². The Bertz CT molecular complexity index is 325. The van der Waals surface area contributed by atoms with Crippen molar-refractivity contribution >= 4 is 17.6 Å². The molecule has 7 heteroatoms. The lowest BCUT2D eigenvalue weighted by atomic mass is 10.4. The van der Waals surface area contributed by atoms with Crippen LogP contribution in [-0.4, -0.2) is 44.0 Å². The standard InChI is InChI=1S/C20H42O5Si2/c1-7-13-17-21-26(11-5,22-18-14-8-2)25-27(12-6,23-19-15-9-3)24-20-16-10-4/h11-12H,5-10,13-20H2,1-4H3. The van der Waals surface area contributed by atoms with Crippen LogP contribution >= 0.6 is 0 Å². The minimum absolute atomic E-state index is 0.576. The van der Waals surface area contributed by atoms with Crippen LogP contribution in [0.5, 0.6) is 0 Å². The predicted octanol–water partition coefficient (Wildman–Crippen LogP) is 5.60. The summed E-state index contributed by atoms with van der Waals surface area (Å²) in [5.41, 5.74) is 3.41. The zero-order valence-corrected chi connectivity index (χ0v) is 20.1. The lowest BCUT2D eigenvalue weighted by Gasteiger charge is -2.35. The minimum Gasteiger partial charge on any atom is -0.371 e. The SMILES string of the molecule is C=C[Si](OCCCC)(OCCCC)O[Si](C=C)(OCCCC)OCCCC. The molecule has 0 aromatic carbocycles. The van der Waals surface area contributed by atoms with Gasteiger partial charge in [-0.2, -0.15) is 0 Å². The van der Waals surface area contributed by atoms with E-state index in [0.717, 1.165) is 51.4 Å². The second-order valence-electron chi connectivity index (χ2n) is 6.53. The summed E-state index contributed by atoms with van der Waals surface area (Å²) in [6.07, 6.45) is 7.94. The van der Waals surface area contributed by atoms with E-state index in [-0.39, 0.29) is 0 Å². The van der Waals surface area contributed by atoms with E-state index in [1.165, 1.54) is 0 Å². The molecule has 0 N–H and O–H groups in total. The van der Waals surface area contributed by atoms with Crippen molar-refractivity contribution in [3.8, 4) is 0 Å². The van der Waals surface area contributed by atoms with Crippen LogP contribution in [0.2, 0.25) is 0 Å². The summed E-state index contributed by atoms with van der Waals surface area (Å²) in [5, 5.41) is 0. The molecule has 0 aliphatic rings. The van der Waals surface area contributed by atoms with E-state index >= 15 is 0 Å². The smallest absolute Gasteiger partial charge is 0.371 e. The van der Waals surface area contributed by atoms with Crippen molar-refractivity contribution in [3.05, 3.63) is 24.6 Å². The van der Waals surface area contributed by atoms with Gasteiger partial charge in [0.1, 0.15) is 0 Å². The Hall–Kier alpha value is -0.286. The van der Waals surface area contributed by atoms with Gasteiger partial charge in [0.2, 0.25) is 0 Å². The van der Waals surface area contributed by atoms with Crippen molar-refractivity contribution in [3.63, 3.8) is 0 Å². The van der Waals surface area contributed by atoms with Crippen LogP contribution in [0.4, 0.5) is 0 Å². The largest absolute Gasteiger partial charge is 0.521 e. The summed E-state index contributed by atoms with van der Waals surface area (Å²) in [7, 11) is -6.23. The topological polar surface area (TPSA) is 46.2 Å². The van der Waals surface area contributed by atoms with Crippen LogP contribution in [0.15, 0.2) is 24.6 Å². The van der Waals surface area contributed by atoms with E-state index in [9.17, 15) is 0 Å².